The van der Waals surface area contributed by atoms with E-state index in [1.807, 2.05) is 4.52 Å². The molecule has 2 aromatic heterocycles. The molecule has 7 nitrogen and oxygen atoms in total. The highest BCUT2D eigenvalue weighted by molar-refractivity contribution is 5.71. The molecule has 4 rings (SSSR count). The second-order valence-electron chi connectivity index (χ2n) is 6.51. The zero-order chi connectivity index (χ0) is 15.8. The third-order valence-corrected chi connectivity index (χ3v) is 4.70. The van der Waals surface area contributed by atoms with Gasteiger partial charge in [-0.3, -0.25) is 0 Å². The maximum atomic E-state index is 6.02. The number of piperidine rings is 1. The Labute approximate surface area is 136 Å². The highest BCUT2D eigenvalue weighted by Gasteiger charge is 2.23. The van der Waals surface area contributed by atoms with E-state index < -0.39 is 0 Å². The van der Waals surface area contributed by atoms with Gasteiger partial charge in [-0.2, -0.15) is 4.98 Å². The molecule has 2 aromatic rings. The standard InChI is InChI=1S/C16H24N6O/c1-12-10-14-15(20-6-8-23-9-7-20)18-16(19-22(14)11-12)21-4-2-13(17)3-5-21/h10-11,13H,2-9,17H2,1H3. The van der Waals surface area contributed by atoms with Gasteiger partial charge in [0.05, 0.1) is 13.2 Å². The van der Waals surface area contributed by atoms with Gasteiger partial charge < -0.3 is 20.3 Å². The van der Waals surface area contributed by atoms with Gasteiger partial charge in [0, 0.05) is 38.4 Å². The first kappa shape index (κ1) is 14.7. The molecule has 0 aromatic carbocycles. The zero-order valence-corrected chi connectivity index (χ0v) is 13.6. The van der Waals surface area contributed by atoms with Crippen LogP contribution in [0.25, 0.3) is 5.52 Å². The number of rotatable bonds is 2. The molecule has 7 heteroatoms. The average molecular weight is 316 g/mol. The number of hydrogen-bond donors (Lipinski definition) is 1. The van der Waals surface area contributed by atoms with Crippen molar-refractivity contribution >= 4 is 17.3 Å². The van der Waals surface area contributed by atoms with Gasteiger partial charge in [-0.15, -0.1) is 5.10 Å². The Balaban J connectivity index is 1.73. The van der Waals surface area contributed by atoms with Gasteiger partial charge in [-0.05, 0) is 31.4 Å². The van der Waals surface area contributed by atoms with Crippen molar-refractivity contribution in [3.8, 4) is 0 Å². The van der Waals surface area contributed by atoms with Crippen molar-refractivity contribution < 1.29 is 4.74 Å². The van der Waals surface area contributed by atoms with Crippen LogP contribution in [0, 0.1) is 6.92 Å². The molecule has 2 fully saturated rings. The van der Waals surface area contributed by atoms with Crippen molar-refractivity contribution in [1.82, 2.24) is 14.6 Å². The van der Waals surface area contributed by atoms with Crippen molar-refractivity contribution in [2.45, 2.75) is 25.8 Å². The minimum absolute atomic E-state index is 0.308. The molecular formula is C16H24N6O. The van der Waals surface area contributed by atoms with Crippen molar-refractivity contribution in [3.63, 3.8) is 0 Å². The van der Waals surface area contributed by atoms with Crippen LogP contribution in [-0.4, -0.2) is 60.0 Å². The van der Waals surface area contributed by atoms with Crippen molar-refractivity contribution in [2.75, 3.05) is 49.2 Å². The number of ether oxygens (including phenoxy) is 1. The Morgan fingerprint density at radius 1 is 1.13 bits per heavy atom. The molecule has 0 spiro atoms. The second-order valence-corrected chi connectivity index (χ2v) is 6.51. The average Bonchev–Trinajstić information content (AvgIpc) is 2.95. The van der Waals surface area contributed by atoms with E-state index in [1.54, 1.807) is 0 Å². The molecule has 0 atom stereocenters. The fraction of sp³-hybridized carbons (Fsp3) is 0.625. The minimum atomic E-state index is 0.308. The number of aromatic nitrogens is 3. The first-order valence-electron chi connectivity index (χ1n) is 8.41. The summed E-state index contributed by atoms with van der Waals surface area (Å²) in [6.07, 6.45) is 4.07. The summed E-state index contributed by atoms with van der Waals surface area (Å²) in [6, 6.07) is 2.46. The molecule has 23 heavy (non-hydrogen) atoms. The van der Waals surface area contributed by atoms with Crippen LogP contribution in [-0.2, 0) is 4.74 Å². The molecule has 0 bridgehead atoms. The van der Waals surface area contributed by atoms with Crippen molar-refractivity contribution in [3.05, 3.63) is 17.8 Å². The lowest BCUT2D eigenvalue weighted by molar-refractivity contribution is 0.122. The Kier molecular flexibility index (Phi) is 3.82. The highest BCUT2D eigenvalue weighted by atomic mass is 16.5. The van der Waals surface area contributed by atoms with E-state index in [0.29, 0.717) is 6.04 Å². The predicted octanol–water partition coefficient (Wildman–Crippen LogP) is 0.802. The van der Waals surface area contributed by atoms with Crippen LogP contribution in [0.2, 0.25) is 0 Å². The number of nitrogens with zero attached hydrogens (tertiary/aromatic N) is 5. The molecule has 0 unspecified atom stereocenters. The first-order valence-corrected chi connectivity index (χ1v) is 8.41. The number of fused-ring (bicyclic) bond motifs is 1. The molecule has 2 saturated heterocycles. The lowest BCUT2D eigenvalue weighted by atomic mass is 10.1. The third kappa shape index (κ3) is 2.86. The molecule has 4 heterocycles. The summed E-state index contributed by atoms with van der Waals surface area (Å²) < 4.78 is 7.45. The van der Waals surface area contributed by atoms with Gasteiger partial charge in [0.15, 0.2) is 5.82 Å². The zero-order valence-electron chi connectivity index (χ0n) is 13.6. The van der Waals surface area contributed by atoms with E-state index in [9.17, 15) is 0 Å². The van der Waals surface area contributed by atoms with Crippen LogP contribution < -0.4 is 15.5 Å². The molecular weight excluding hydrogens is 292 g/mol. The Morgan fingerprint density at radius 3 is 2.61 bits per heavy atom. The van der Waals surface area contributed by atoms with E-state index in [4.69, 9.17) is 20.6 Å². The summed E-state index contributed by atoms with van der Waals surface area (Å²) in [6.45, 7) is 7.21. The van der Waals surface area contributed by atoms with Crippen molar-refractivity contribution in [2.24, 2.45) is 5.73 Å². The van der Waals surface area contributed by atoms with Gasteiger partial charge >= 0.3 is 0 Å². The largest absolute Gasteiger partial charge is 0.378 e. The number of morpholine rings is 1. The molecule has 0 amide bonds. The fourth-order valence-electron chi connectivity index (χ4n) is 3.34. The molecule has 0 aliphatic carbocycles. The lowest BCUT2D eigenvalue weighted by Gasteiger charge is -2.32. The monoisotopic (exact) mass is 316 g/mol. The summed E-state index contributed by atoms with van der Waals surface area (Å²) in [4.78, 5) is 9.47. The Bertz CT molecular complexity index is 685. The van der Waals surface area contributed by atoms with Crippen LogP contribution in [0.1, 0.15) is 18.4 Å². The molecule has 2 aliphatic rings. The van der Waals surface area contributed by atoms with E-state index in [0.717, 1.165) is 69.5 Å². The summed E-state index contributed by atoms with van der Waals surface area (Å²) in [5.41, 5.74) is 8.29. The lowest BCUT2D eigenvalue weighted by Crippen LogP contribution is -2.41. The summed E-state index contributed by atoms with van der Waals surface area (Å²) in [5.74, 6) is 1.82. The number of hydrogen-bond acceptors (Lipinski definition) is 6. The van der Waals surface area contributed by atoms with Gasteiger partial charge in [0.2, 0.25) is 5.95 Å². The normalized spacial score (nSPS) is 20.4. The number of anilines is 2. The maximum absolute atomic E-state index is 6.02. The van der Waals surface area contributed by atoms with Crippen LogP contribution in [0.3, 0.4) is 0 Å². The van der Waals surface area contributed by atoms with Crippen LogP contribution in [0.5, 0.6) is 0 Å². The van der Waals surface area contributed by atoms with Gasteiger partial charge in [-0.25, -0.2) is 4.52 Å². The van der Waals surface area contributed by atoms with Crippen LogP contribution in [0.4, 0.5) is 11.8 Å². The van der Waals surface area contributed by atoms with Crippen LogP contribution >= 0.6 is 0 Å². The van der Waals surface area contributed by atoms with E-state index >= 15 is 0 Å². The molecule has 2 N–H and O–H groups in total. The van der Waals surface area contributed by atoms with E-state index in [-0.39, 0.29) is 0 Å². The minimum Gasteiger partial charge on any atom is -0.378 e. The number of nitrogens with two attached hydrogens (primary N) is 1. The molecule has 0 radical (unpaired) electrons. The smallest absolute Gasteiger partial charge is 0.245 e. The van der Waals surface area contributed by atoms with E-state index in [2.05, 4.69) is 29.0 Å². The Morgan fingerprint density at radius 2 is 1.87 bits per heavy atom. The summed E-state index contributed by atoms with van der Waals surface area (Å²) in [5, 5.41) is 4.73. The van der Waals surface area contributed by atoms with Crippen molar-refractivity contribution in [1.29, 1.82) is 0 Å². The fourth-order valence-corrected chi connectivity index (χ4v) is 3.34. The first-order chi connectivity index (χ1) is 11.2. The molecule has 0 saturated carbocycles. The maximum Gasteiger partial charge on any atom is 0.245 e. The SMILES string of the molecule is Cc1cc2c(N3CCOCC3)nc(N3CCC(N)CC3)nn2c1. The van der Waals surface area contributed by atoms with Gasteiger partial charge in [-0.1, -0.05) is 0 Å². The van der Waals surface area contributed by atoms with E-state index in [1.165, 1.54) is 5.56 Å². The van der Waals surface area contributed by atoms with Gasteiger partial charge in [0.25, 0.3) is 0 Å². The molecule has 124 valence electrons. The molecule has 2 aliphatic heterocycles. The topological polar surface area (TPSA) is 71.9 Å². The predicted molar refractivity (Wildman–Crippen MR) is 90.2 cm³/mol. The number of aryl methyl sites for hydroxylation is 1. The summed E-state index contributed by atoms with van der Waals surface area (Å²) in [7, 11) is 0. The van der Waals surface area contributed by atoms with Crippen LogP contribution in [0.15, 0.2) is 12.3 Å². The summed E-state index contributed by atoms with van der Waals surface area (Å²) >= 11 is 0. The quantitative estimate of drug-likeness (QED) is 0.884. The second kappa shape index (κ2) is 5.98. The highest BCUT2D eigenvalue weighted by Crippen LogP contribution is 2.25. The third-order valence-electron chi connectivity index (χ3n) is 4.70. The Hall–Kier alpha value is -1.86. The van der Waals surface area contributed by atoms with Gasteiger partial charge in [0.1, 0.15) is 5.52 Å².